The van der Waals surface area contributed by atoms with Crippen LogP contribution in [-0.2, 0) is 9.59 Å². The van der Waals surface area contributed by atoms with Gasteiger partial charge in [-0.25, -0.2) is 0 Å². The molecular formula is C16H30ClN3O2. The number of likely N-dealkylation sites (tertiary alicyclic amines) is 1. The Morgan fingerprint density at radius 1 is 1.36 bits per heavy atom. The van der Waals surface area contributed by atoms with Crippen LogP contribution < -0.4 is 10.6 Å². The van der Waals surface area contributed by atoms with E-state index < -0.39 is 0 Å². The summed E-state index contributed by atoms with van der Waals surface area (Å²) in [6.45, 7) is 6.65. The standard InChI is InChI=1S/C16H29N3O2.ClH/c1-12(2)10-14(19-9-4-3-7-15(19)20)16(21)18-11-13-6-5-8-17-13;/h12-14,17H,3-11H2,1-2H3,(H,18,21);1H. The van der Waals surface area contributed by atoms with Crippen LogP contribution in [0.5, 0.6) is 0 Å². The molecule has 5 nitrogen and oxygen atoms in total. The SMILES string of the molecule is CC(C)CC(C(=O)NCC1CCCN1)N1CCCCC1=O.Cl. The second kappa shape index (κ2) is 9.36. The third-order valence-electron chi connectivity index (χ3n) is 4.42. The smallest absolute Gasteiger partial charge is 0.242 e. The zero-order chi connectivity index (χ0) is 15.2. The fraction of sp³-hybridized carbons (Fsp3) is 0.875. The van der Waals surface area contributed by atoms with Crippen molar-refractivity contribution < 1.29 is 9.59 Å². The van der Waals surface area contributed by atoms with Crippen molar-refractivity contribution in [2.45, 2.75) is 64.5 Å². The molecule has 0 radical (unpaired) electrons. The maximum atomic E-state index is 12.5. The largest absolute Gasteiger partial charge is 0.353 e. The lowest BCUT2D eigenvalue weighted by Crippen LogP contribution is -2.53. The number of amides is 2. The van der Waals surface area contributed by atoms with Gasteiger partial charge in [0, 0.05) is 25.6 Å². The van der Waals surface area contributed by atoms with E-state index in [1.165, 1.54) is 6.42 Å². The van der Waals surface area contributed by atoms with Crippen molar-refractivity contribution in [3.05, 3.63) is 0 Å². The van der Waals surface area contributed by atoms with Crippen LogP contribution >= 0.6 is 12.4 Å². The van der Waals surface area contributed by atoms with Crippen molar-refractivity contribution in [2.24, 2.45) is 5.92 Å². The molecule has 2 rings (SSSR count). The quantitative estimate of drug-likeness (QED) is 0.779. The Balaban J connectivity index is 0.00000242. The fourth-order valence-corrected chi connectivity index (χ4v) is 3.25. The van der Waals surface area contributed by atoms with Crippen LogP contribution in [0.4, 0.5) is 0 Å². The summed E-state index contributed by atoms with van der Waals surface area (Å²) in [5.74, 6) is 0.564. The summed E-state index contributed by atoms with van der Waals surface area (Å²) in [5, 5.41) is 6.44. The van der Waals surface area contributed by atoms with Gasteiger partial charge in [-0.15, -0.1) is 12.4 Å². The highest BCUT2D eigenvalue weighted by Gasteiger charge is 2.32. The van der Waals surface area contributed by atoms with Gasteiger partial charge in [-0.2, -0.15) is 0 Å². The van der Waals surface area contributed by atoms with Crippen molar-refractivity contribution >= 4 is 24.2 Å². The van der Waals surface area contributed by atoms with Crippen LogP contribution in [0.25, 0.3) is 0 Å². The van der Waals surface area contributed by atoms with E-state index in [4.69, 9.17) is 0 Å². The molecule has 0 bridgehead atoms. The van der Waals surface area contributed by atoms with Crippen LogP contribution in [0.3, 0.4) is 0 Å². The monoisotopic (exact) mass is 331 g/mol. The number of carbonyl (C=O) groups is 2. The van der Waals surface area contributed by atoms with Gasteiger partial charge in [0.05, 0.1) is 0 Å². The highest BCUT2D eigenvalue weighted by Crippen LogP contribution is 2.19. The van der Waals surface area contributed by atoms with Crippen molar-refractivity contribution in [3.8, 4) is 0 Å². The van der Waals surface area contributed by atoms with Crippen molar-refractivity contribution in [1.29, 1.82) is 0 Å². The maximum absolute atomic E-state index is 12.5. The van der Waals surface area contributed by atoms with Gasteiger partial charge in [0.1, 0.15) is 6.04 Å². The summed E-state index contributed by atoms with van der Waals surface area (Å²) in [6, 6.07) is 0.102. The van der Waals surface area contributed by atoms with Crippen molar-refractivity contribution in [3.63, 3.8) is 0 Å². The van der Waals surface area contributed by atoms with Gasteiger partial charge in [-0.1, -0.05) is 13.8 Å². The molecule has 6 heteroatoms. The topological polar surface area (TPSA) is 61.4 Å². The Bertz CT molecular complexity index is 370. The van der Waals surface area contributed by atoms with E-state index in [-0.39, 0.29) is 30.3 Å². The molecular weight excluding hydrogens is 302 g/mol. The summed E-state index contributed by atoms with van der Waals surface area (Å²) in [5.41, 5.74) is 0. The molecule has 0 spiro atoms. The number of nitrogens with zero attached hydrogens (tertiary/aromatic N) is 1. The van der Waals surface area contributed by atoms with Gasteiger partial charge in [-0.3, -0.25) is 9.59 Å². The summed E-state index contributed by atoms with van der Waals surface area (Å²) in [4.78, 5) is 26.5. The summed E-state index contributed by atoms with van der Waals surface area (Å²) in [7, 11) is 0. The van der Waals surface area contributed by atoms with Gasteiger partial charge in [-0.05, 0) is 44.6 Å². The second-order valence-corrected chi connectivity index (χ2v) is 6.73. The molecule has 0 aromatic rings. The fourth-order valence-electron chi connectivity index (χ4n) is 3.25. The number of carbonyl (C=O) groups excluding carboxylic acids is 2. The molecule has 2 N–H and O–H groups in total. The van der Waals surface area contributed by atoms with Crippen LogP contribution in [-0.4, -0.2) is 48.4 Å². The zero-order valence-corrected chi connectivity index (χ0v) is 14.6. The minimum atomic E-state index is -0.292. The first-order valence-corrected chi connectivity index (χ1v) is 8.38. The van der Waals surface area contributed by atoms with Crippen LogP contribution in [0.1, 0.15) is 52.4 Å². The van der Waals surface area contributed by atoms with Gasteiger partial charge < -0.3 is 15.5 Å². The van der Waals surface area contributed by atoms with Crippen LogP contribution in [0.15, 0.2) is 0 Å². The van der Waals surface area contributed by atoms with E-state index in [1.54, 1.807) is 4.90 Å². The molecule has 2 saturated heterocycles. The lowest BCUT2D eigenvalue weighted by atomic mass is 9.98. The Morgan fingerprint density at radius 3 is 2.73 bits per heavy atom. The molecule has 128 valence electrons. The first kappa shape index (κ1) is 19.2. The Labute approximate surface area is 140 Å². The Kier molecular flexibility index (Phi) is 8.18. The maximum Gasteiger partial charge on any atom is 0.242 e. The van der Waals surface area contributed by atoms with E-state index in [0.717, 1.165) is 38.8 Å². The van der Waals surface area contributed by atoms with Gasteiger partial charge >= 0.3 is 0 Å². The number of rotatable bonds is 6. The lowest BCUT2D eigenvalue weighted by Gasteiger charge is -2.35. The van der Waals surface area contributed by atoms with Crippen LogP contribution in [0, 0.1) is 5.92 Å². The van der Waals surface area contributed by atoms with Crippen molar-refractivity contribution in [2.75, 3.05) is 19.6 Å². The molecule has 0 aromatic carbocycles. The molecule has 2 aliphatic heterocycles. The van der Waals surface area contributed by atoms with E-state index in [9.17, 15) is 9.59 Å². The highest BCUT2D eigenvalue weighted by molar-refractivity contribution is 5.88. The molecule has 2 fully saturated rings. The van der Waals surface area contributed by atoms with E-state index >= 15 is 0 Å². The van der Waals surface area contributed by atoms with E-state index in [1.807, 2.05) is 0 Å². The van der Waals surface area contributed by atoms with E-state index in [0.29, 0.717) is 24.9 Å². The summed E-state index contributed by atoms with van der Waals surface area (Å²) in [6.07, 6.45) is 5.61. The minimum absolute atomic E-state index is 0. The zero-order valence-electron chi connectivity index (χ0n) is 13.8. The first-order valence-electron chi connectivity index (χ1n) is 8.38. The number of nitrogens with one attached hydrogen (secondary N) is 2. The molecule has 2 aliphatic rings. The molecule has 2 atom stereocenters. The third-order valence-corrected chi connectivity index (χ3v) is 4.42. The predicted octanol–water partition coefficient (Wildman–Crippen LogP) is 1.70. The van der Waals surface area contributed by atoms with E-state index in [2.05, 4.69) is 24.5 Å². The molecule has 0 aromatic heterocycles. The average molecular weight is 332 g/mol. The van der Waals surface area contributed by atoms with Gasteiger partial charge in [0.15, 0.2) is 0 Å². The molecule has 0 saturated carbocycles. The van der Waals surface area contributed by atoms with Crippen molar-refractivity contribution in [1.82, 2.24) is 15.5 Å². The van der Waals surface area contributed by atoms with Gasteiger partial charge in [0.25, 0.3) is 0 Å². The normalized spacial score (nSPS) is 23.3. The average Bonchev–Trinajstić information content (AvgIpc) is 2.96. The Morgan fingerprint density at radius 2 is 2.14 bits per heavy atom. The molecule has 22 heavy (non-hydrogen) atoms. The summed E-state index contributed by atoms with van der Waals surface area (Å²) >= 11 is 0. The van der Waals surface area contributed by atoms with Gasteiger partial charge in [0.2, 0.25) is 11.8 Å². The Hall–Kier alpha value is -0.810. The third kappa shape index (κ3) is 5.43. The highest BCUT2D eigenvalue weighted by atomic mass is 35.5. The molecule has 0 aliphatic carbocycles. The number of halogens is 1. The number of hydrogen-bond acceptors (Lipinski definition) is 3. The van der Waals surface area contributed by atoms with Crippen LogP contribution in [0.2, 0.25) is 0 Å². The number of hydrogen-bond donors (Lipinski definition) is 2. The molecule has 2 unspecified atom stereocenters. The number of piperidine rings is 1. The second-order valence-electron chi connectivity index (χ2n) is 6.73. The minimum Gasteiger partial charge on any atom is -0.353 e. The first-order chi connectivity index (χ1) is 10.1. The molecule has 2 heterocycles. The summed E-state index contributed by atoms with van der Waals surface area (Å²) < 4.78 is 0. The molecule has 2 amide bonds. The predicted molar refractivity (Wildman–Crippen MR) is 90.1 cm³/mol. The lowest BCUT2D eigenvalue weighted by molar-refractivity contribution is -0.143.